The molecule has 0 saturated carbocycles. The van der Waals surface area contributed by atoms with Gasteiger partial charge in [0, 0.05) is 19.2 Å². The van der Waals surface area contributed by atoms with Crippen LogP contribution < -0.4 is 10.6 Å². The van der Waals surface area contributed by atoms with Crippen LogP contribution in [0, 0.1) is 24.0 Å². The minimum Gasteiger partial charge on any atom is -0.466 e. The SMILES string of the molecule is Cc1cc(C(=O)NCCNc2ccccc2[N+](=O)[O-])c(C)o1. The van der Waals surface area contributed by atoms with Crippen LogP contribution in [0.1, 0.15) is 21.9 Å². The van der Waals surface area contributed by atoms with Gasteiger partial charge in [-0.3, -0.25) is 14.9 Å². The Kier molecular flexibility index (Phi) is 4.77. The number of nitro benzene ring substituents is 1. The minimum absolute atomic E-state index is 0.00938. The maximum atomic E-state index is 12.0. The number of nitrogens with zero attached hydrogens (tertiary/aromatic N) is 1. The summed E-state index contributed by atoms with van der Waals surface area (Å²) in [7, 11) is 0. The van der Waals surface area contributed by atoms with Crippen LogP contribution in [0.5, 0.6) is 0 Å². The predicted octanol–water partition coefficient (Wildman–Crippen LogP) is 2.65. The Hall–Kier alpha value is -2.83. The lowest BCUT2D eigenvalue weighted by Gasteiger charge is -2.08. The molecule has 7 heteroatoms. The monoisotopic (exact) mass is 303 g/mol. The molecule has 2 rings (SSSR count). The quantitative estimate of drug-likeness (QED) is 0.485. The average Bonchev–Trinajstić information content (AvgIpc) is 2.82. The van der Waals surface area contributed by atoms with Crippen LogP contribution in [0.3, 0.4) is 0 Å². The van der Waals surface area contributed by atoms with Gasteiger partial charge in [0.15, 0.2) is 0 Å². The van der Waals surface area contributed by atoms with Crippen molar-refractivity contribution in [2.75, 3.05) is 18.4 Å². The van der Waals surface area contributed by atoms with Gasteiger partial charge < -0.3 is 15.1 Å². The number of anilines is 1. The molecule has 1 aromatic carbocycles. The van der Waals surface area contributed by atoms with Crippen molar-refractivity contribution in [1.29, 1.82) is 0 Å². The predicted molar refractivity (Wildman–Crippen MR) is 82.1 cm³/mol. The third-order valence-electron chi connectivity index (χ3n) is 3.11. The van der Waals surface area contributed by atoms with E-state index in [1.165, 1.54) is 6.07 Å². The van der Waals surface area contributed by atoms with Crippen molar-refractivity contribution in [2.24, 2.45) is 0 Å². The molecule has 0 fully saturated rings. The van der Waals surface area contributed by atoms with Gasteiger partial charge in [0.2, 0.25) is 0 Å². The summed E-state index contributed by atoms with van der Waals surface area (Å²) in [4.78, 5) is 22.4. The number of benzene rings is 1. The summed E-state index contributed by atoms with van der Waals surface area (Å²) >= 11 is 0. The first-order valence-electron chi connectivity index (χ1n) is 6.81. The standard InChI is InChI=1S/C15H17N3O4/c1-10-9-12(11(2)22-10)15(19)17-8-7-16-13-5-3-4-6-14(13)18(20)21/h3-6,9,16H,7-8H2,1-2H3,(H,17,19). The van der Waals surface area contributed by atoms with Crippen LogP contribution in [0.15, 0.2) is 34.7 Å². The lowest BCUT2D eigenvalue weighted by atomic mass is 10.2. The second-order valence-corrected chi connectivity index (χ2v) is 4.78. The number of carbonyl (C=O) groups excluding carboxylic acids is 1. The minimum atomic E-state index is -0.446. The fourth-order valence-corrected chi connectivity index (χ4v) is 2.11. The zero-order valence-electron chi connectivity index (χ0n) is 12.4. The summed E-state index contributed by atoms with van der Waals surface area (Å²) in [6.45, 7) is 4.23. The maximum Gasteiger partial charge on any atom is 0.292 e. The molecular formula is C15H17N3O4. The van der Waals surface area contributed by atoms with E-state index in [0.29, 0.717) is 35.9 Å². The Morgan fingerprint density at radius 1 is 1.27 bits per heavy atom. The highest BCUT2D eigenvalue weighted by atomic mass is 16.6. The van der Waals surface area contributed by atoms with Gasteiger partial charge in [0.05, 0.1) is 10.5 Å². The normalized spacial score (nSPS) is 10.3. The molecule has 7 nitrogen and oxygen atoms in total. The molecule has 22 heavy (non-hydrogen) atoms. The van der Waals surface area contributed by atoms with Crippen LogP contribution in [-0.2, 0) is 0 Å². The summed E-state index contributed by atoms with van der Waals surface area (Å²) in [6, 6.07) is 8.06. The molecule has 0 bridgehead atoms. The number of para-hydroxylation sites is 2. The molecule has 116 valence electrons. The largest absolute Gasteiger partial charge is 0.466 e. The second-order valence-electron chi connectivity index (χ2n) is 4.78. The molecule has 2 N–H and O–H groups in total. The molecule has 0 spiro atoms. The van der Waals surface area contributed by atoms with E-state index >= 15 is 0 Å². The van der Waals surface area contributed by atoms with Gasteiger partial charge in [-0.1, -0.05) is 12.1 Å². The van der Waals surface area contributed by atoms with Gasteiger partial charge in [-0.15, -0.1) is 0 Å². The van der Waals surface area contributed by atoms with Gasteiger partial charge in [-0.2, -0.15) is 0 Å². The number of furan rings is 1. The van der Waals surface area contributed by atoms with Crippen LogP contribution in [0.4, 0.5) is 11.4 Å². The smallest absolute Gasteiger partial charge is 0.292 e. The number of rotatable bonds is 6. The van der Waals surface area contributed by atoms with E-state index in [2.05, 4.69) is 10.6 Å². The zero-order valence-corrected chi connectivity index (χ0v) is 12.4. The van der Waals surface area contributed by atoms with Crippen LogP contribution in [-0.4, -0.2) is 23.9 Å². The highest BCUT2D eigenvalue weighted by Crippen LogP contribution is 2.22. The molecule has 0 aliphatic heterocycles. The highest BCUT2D eigenvalue weighted by Gasteiger charge is 2.14. The van der Waals surface area contributed by atoms with Crippen LogP contribution >= 0.6 is 0 Å². The summed E-state index contributed by atoms with van der Waals surface area (Å²) in [6.07, 6.45) is 0. The van der Waals surface area contributed by atoms with E-state index < -0.39 is 4.92 Å². The molecule has 0 aliphatic rings. The zero-order chi connectivity index (χ0) is 16.1. The van der Waals surface area contributed by atoms with Gasteiger partial charge in [-0.25, -0.2) is 0 Å². The molecule has 0 aliphatic carbocycles. The Labute approximate surface area is 127 Å². The second kappa shape index (κ2) is 6.75. The number of hydrogen-bond acceptors (Lipinski definition) is 5. The third kappa shape index (κ3) is 3.63. The van der Waals surface area contributed by atoms with E-state index in [0.717, 1.165) is 0 Å². The van der Waals surface area contributed by atoms with Crippen molar-refractivity contribution in [1.82, 2.24) is 5.32 Å². The Morgan fingerprint density at radius 2 is 2.00 bits per heavy atom. The van der Waals surface area contributed by atoms with Gasteiger partial charge in [0.1, 0.15) is 17.2 Å². The number of nitro groups is 1. The van der Waals surface area contributed by atoms with E-state index in [1.54, 1.807) is 38.1 Å². The number of hydrogen-bond donors (Lipinski definition) is 2. The summed E-state index contributed by atoms with van der Waals surface area (Å²) in [5.74, 6) is 1.03. The number of nitrogens with one attached hydrogen (secondary N) is 2. The van der Waals surface area contributed by atoms with Gasteiger partial charge in [-0.05, 0) is 26.0 Å². The van der Waals surface area contributed by atoms with Crippen LogP contribution in [0.2, 0.25) is 0 Å². The first-order chi connectivity index (χ1) is 10.5. The Morgan fingerprint density at radius 3 is 2.64 bits per heavy atom. The van der Waals surface area contributed by atoms with Crippen molar-refractivity contribution in [3.05, 3.63) is 57.5 Å². The Balaban J connectivity index is 1.86. The fourth-order valence-electron chi connectivity index (χ4n) is 2.11. The lowest BCUT2D eigenvalue weighted by molar-refractivity contribution is -0.384. The van der Waals surface area contributed by atoms with E-state index in [1.807, 2.05) is 0 Å². The molecule has 0 saturated heterocycles. The van der Waals surface area contributed by atoms with Crippen LogP contribution in [0.25, 0.3) is 0 Å². The topological polar surface area (TPSA) is 97.4 Å². The number of aryl methyl sites for hydroxylation is 2. The molecule has 1 amide bonds. The Bertz CT molecular complexity index is 694. The lowest BCUT2D eigenvalue weighted by Crippen LogP contribution is -2.29. The van der Waals surface area contributed by atoms with Crippen molar-refractivity contribution in [3.8, 4) is 0 Å². The molecular weight excluding hydrogens is 286 g/mol. The highest BCUT2D eigenvalue weighted by molar-refractivity contribution is 5.95. The summed E-state index contributed by atoms with van der Waals surface area (Å²) in [5.41, 5.74) is 0.940. The number of carbonyl (C=O) groups is 1. The molecule has 0 unspecified atom stereocenters. The molecule has 1 heterocycles. The van der Waals surface area contributed by atoms with E-state index in [-0.39, 0.29) is 11.6 Å². The van der Waals surface area contributed by atoms with Crippen molar-refractivity contribution in [2.45, 2.75) is 13.8 Å². The number of amides is 1. The van der Waals surface area contributed by atoms with E-state index in [9.17, 15) is 14.9 Å². The first kappa shape index (κ1) is 15.6. The van der Waals surface area contributed by atoms with Crippen molar-refractivity contribution < 1.29 is 14.1 Å². The molecule has 0 radical (unpaired) electrons. The van der Waals surface area contributed by atoms with Crippen molar-refractivity contribution >= 4 is 17.3 Å². The summed E-state index contributed by atoms with van der Waals surface area (Å²) < 4.78 is 5.30. The molecule has 0 atom stereocenters. The molecule has 2 aromatic rings. The molecule has 1 aromatic heterocycles. The van der Waals surface area contributed by atoms with E-state index in [4.69, 9.17) is 4.42 Å². The fraction of sp³-hybridized carbons (Fsp3) is 0.267. The van der Waals surface area contributed by atoms with Gasteiger partial charge in [0.25, 0.3) is 11.6 Å². The third-order valence-corrected chi connectivity index (χ3v) is 3.11. The first-order valence-corrected chi connectivity index (χ1v) is 6.81. The maximum absolute atomic E-state index is 12.0. The summed E-state index contributed by atoms with van der Waals surface area (Å²) in [5, 5.41) is 16.6. The van der Waals surface area contributed by atoms with Crippen molar-refractivity contribution in [3.63, 3.8) is 0 Å². The average molecular weight is 303 g/mol. The van der Waals surface area contributed by atoms with Gasteiger partial charge >= 0.3 is 0 Å².